The van der Waals surface area contributed by atoms with Crippen LogP contribution in [-0.2, 0) is 23.2 Å². The second kappa shape index (κ2) is 7.89. The van der Waals surface area contributed by atoms with Crippen LogP contribution in [0.1, 0.15) is 56.3 Å². The Balaban J connectivity index is 1.59. The van der Waals surface area contributed by atoms with Crippen LogP contribution in [0, 0.1) is 19.8 Å². The van der Waals surface area contributed by atoms with Crippen molar-refractivity contribution in [1.29, 1.82) is 0 Å². The number of nitrogens with zero attached hydrogens (tertiary/aromatic N) is 4. The van der Waals surface area contributed by atoms with E-state index in [9.17, 15) is 9.59 Å². The summed E-state index contributed by atoms with van der Waals surface area (Å²) in [6, 6.07) is 3.42. The Morgan fingerprint density at radius 3 is 2.46 bits per heavy atom. The molecule has 0 unspecified atom stereocenters. The lowest BCUT2D eigenvalue weighted by atomic mass is 9.92. The maximum absolute atomic E-state index is 12.6. The number of amides is 1. The van der Waals surface area contributed by atoms with Crippen LogP contribution in [0.4, 0.5) is 0 Å². The molecule has 2 aromatic rings. The zero-order valence-electron chi connectivity index (χ0n) is 17.5. The van der Waals surface area contributed by atoms with E-state index in [1.165, 1.54) is 0 Å². The first-order valence-corrected chi connectivity index (χ1v) is 9.93. The summed E-state index contributed by atoms with van der Waals surface area (Å²) in [6.07, 6.45) is 2.09. The highest BCUT2D eigenvalue weighted by molar-refractivity contribution is 5.79. The monoisotopic (exact) mass is 386 g/mol. The third-order valence-corrected chi connectivity index (χ3v) is 5.54. The van der Waals surface area contributed by atoms with Crippen molar-refractivity contribution >= 4 is 5.91 Å². The van der Waals surface area contributed by atoms with E-state index >= 15 is 0 Å². The lowest BCUT2D eigenvalue weighted by molar-refractivity contribution is -0.131. The number of likely N-dealkylation sites (tertiary alicyclic amines) is 1. The topological polar surface area (TPSA) is 81.2 Å². The van der Waals surface area contributed by atoms with Crippen molar-refractivity contribution in [2.75, 3.05) is 13.1 Å². The normalized spacial score (nSPS) is 15.8. The van der Waals surface area contributed by atoms with Crippen LogP contribution < -0.4 is 5.56 Å². The summed E-state index contributed by atoms with van der Waals surface area (Å²) in [5.41, 5.74) is 2.43. The first-order valence-electron chi connectivity index (χ1n) is 9.93. The quantitative estimate of drug-likeness (QED) is 0.807. The third kappa shape index (κ3) is 4.51. The van der Waals surface area contributed by atoms with Gasteiger partial charge in [-0.2, -0.15) is 5.10 Å². The van der Waals surface area contributed by atoms with Gasteiger partial charge in [-0.05, 0) is 38.7 Å². The van der Waals surface area contributed by atoms with Crippen LogP contribution in [0.5, 0.6) is 0 Å². The van der Waals surface area contributed by atoms with Crippen molar-refractivity contribution in [2.24, 2.45) is 5.92 Å². The minimum Gasteiger partial charge on any atom is -0.361 e. The molecule has 0 spiro atoms. The molecule has 2 aromatic heterocycles. The first kappa shape index (κ1) is 20.3. The van der Waals surface area contributed by atoms with Crippen LogP contribution in [0.25, 0.3) is 0 Å². The van der Waals surface area contributed by atoms with Gasteiger partial charge in [0.15, 0.2) is 0 Å². The molecule has 0 N–H and O–H groups in total. The van der Waals surface area contributed by atoms with Crippen molar-refractivity contribution < 1.29 is 9.32 Å². The predicted octanol–water partition coefficient (Wildman–Crippen LogP) is 2.63. The molecule has 0 atom stereocenters. The van der Waals surface area contributed by atoms with Crippen molar-refractivity contribution in [3.05, 3.63) is 45.2 Å². The number of hydrogen-bond donors (Lipinski definition) is 0. The molecular weight excluding hydrogens is 356 g/mol. The van der Waals surface area contributed by atoms with Crippen molar-refractivity contribution in [3.8, 4) is 0 Å². The zero-order chi connectivity index (χ0) is 20.5. The number of hydrogen-bond acceptors (Lipinski definition) is 5. The Kier molecular flexibility index (Phi) is 5.72. The molecule has 1 aliphatic rings. The van der Waals surface area contributed by atoms with Gasteiger partial charge in [-0.15, -0.1) is 0 Å². The van der Waals surface area contributed by atoms with Crippen LogP contribution in [0.15, 0.2) is 21.5 Å². The molecule has 0 radical (unpaired) electrons. The van der Waals surface area contributed by atoms with Crippen LogP contribution >= 0.6 is 0 Å². The first-order chi connectivity index (χ1) is 13.1. The highest BCUT2D eigenvalue weighted by Gasteiger charge is 2.25. The smallest absolute Gasteiger partial charge is 0.266 e. The average molecular weight is 386 g/mol. The maximum atomic E-state index is 12.6. The summed E-state index contributed by atoms with van der Waals surface area (Å²) in [5.74, 6) is 1.17. The van der Waals surface area contributed by atoms with E-state index < -0.39 is 0 Å². The Hall–Kier alpha value is -2.44. The number of carbonyl (C=O) groups is 1. The Labute approximate surface area is 165 Å². The molecule has 1 amide bonds. The molecule has 0 aliphatic carbocycles. The standard InChI is InChI=1S/C21H30N4O3/c1-14-17(15(2)28-23-14)12-20(27)24-10-8-16(9-11-24)13-25-19(26)7-6-18(22-25)21(3,4)5/h6-7,16H,8-13H2,1-5H3. The lowest BCUT2D eigenvalue weighted by Crippen LogP contribution is -2.41. The van der Waals surface area contributed by atoms with E-state index in [1.807, 2.05) is 24.8 Å². The number of rotatable bonds is 4. The van der Waals surface area contributed by atoms with E-state index in [0.29, 0.717) is 37.7 Å². The summed E-state index contributed by atoms with van der Waals surface area (Å²) < 4.78 is 6.74. The van der Waals surface area contributed by atoms with Gasteiger partial charge in [-0.25, -0.2) is 4.68 Å². The molecule has 3 heterocycles. The second-order valence-electron chi connectivity index (χ2n) is 8.79. The maximum Gasteiger partial charge on any atom is 0.266 e. The molecule has 28 heavy (non-hydrogen) atoms. The number of aromatic nitrogens is 3. The van der Waals surface area contributed by atoms with Gasteiger partial charge in [0.2, 0.25) is 5.91 Å². The molecule has 0 bridgehead atoms. The minimum atomic E-state index is -0.0938. The van der Waals surface area contributed by atoms with Gasteiger partial charge in [0.1, 0.15) is 5.76 Å². The summed E-state index contributed by atoms with van der Waals surface area (Å²) in [6.45, 7) is 12.0. The van der Waals surface area contributed by atoms with E-state index in [-0.39, 0.29) is 16.9 Å². The average Bonchev–Trinajstić information content (AvgIpc) is 2.95. The highest BCUT2D eigenvalue weighted by Crippen LogP contribution is 2.22. The van der Waals surface area contributed by atoms with Gasteiger partial charge in [0.05, 0.1) is 17.8 Å². The van der Waals surface area contributed by atoms with E-state index in [4.69, 9.17) is 4.52 Å². The Bertz CT molecular complexity index is 880. The van der Waals surface area contributed by atoms with Crippen LogP contribution in [0.3, 0.4) is 0 Å². The SMILES string of the molecule is Cc1noc(C)c1CC(=O)N1CCC(Cn2nc(C(C)(C)C)ccc2=O)CC1. The molecule has 7 heteroatoms. The fourth-order valence-corrected chi connectivity index (χ4v) is 3.61. The van der Waals surface area contributed by atoms with Gasteiger partial charge in [-0.3, -0.25) is 9.59 Å². The number of piperidine rings is 1. The van der Waals surface area contributed by atoms with Gasteiger partial charge < -0.3 is 9.42 Å². The predicted molar refractivity (Wildman–Crippen MR) is 106 cm³/mol. The zero-order valence-corrected chi connectivity index (χ0v) is 17.5. The third-order valence-electron chi connectivity index (χ3n) is 5.54. The molecule has 1 aliphatic heterocycles. The summed E-state index contributed by atoms with van der Waals surface area (Å²) in [5, 5.41) is 8.49. The number of aryl methyl sites for hydroxylation is 2. The van der Waals surface area contributed by atoms with E-state index in [2.05, 4.69) is 31.0 Å². The Morgan fingerprint density at radius 2 is 1.89 bits per heavy atom. The van der Waals surface area contributed by atoms with E-state index in [1.54, 1.807) is 10.7 Å². The molecule has 1 saturated heterocycles. The molecule has 152 valence electrons. The molecule has 0 aromatic carbocycles. The summed E-state index contributed by atoms with van der Waals surface area (Å²) in [7, 11) is 0. The molecule has 7 nitrogen and oxygen atoms in total. The van der Waals surface area contributed by atoms with Gasteiger partial charge in [0, 0.05) is 36.7 Å². The van der Waals surface area contributed by atoms with Crippen LogP contribution in [-0.4, -0.2) is 38.8 Å². The fourth-order valence-electron chi connectivity index (χ4n) is 3.61. The highest BCUT2D eigenvalue weighted by atomic mass is 16.5. The molecule has 0 saturated carbocycles. The molecule has 1 fully saturated rings. The van der Waals surface area contributed by atoms with Crippen molar-refractivity contribution in [3.63, 3.8) is 0 Å². The van der Waals surface area contributed by atoms with Gasteiger partial charge in [0.25, 0.3) is 5.56 Å². The van der Waals surface area contributed by atoms with Crippen molar-refractivity contribution in [2.45, 2.75) is 65.8 Å². The number of carbonyl (C=O) groups excluding carboxylic acids is 1. The van der Waals surface area contributed by atoms with Gasteiger partial charge in [-0.1, -0.05) is 25.9 Å². The summed E-state index contributed by atoms with van der Waals surface area (Å²) in [4.78, 5) is 26.7. The largest absolute Gasteiger partial charge is 0.361 e. The van der Waals surface area contributed by atoms with Crippen LogP contribution in [0.2, 0.25) is 0 Å². The fraction of sp³-hybridized carbons (Fsp3) is 0.619. The van der Waals surface area contributed by atoms with Crippen molar-refractivity contribution in [1.82, 2.24) is 19.8 Å². The van der Waals surface area contributed by atoms with Gasteiger partial charge >= 0.3 is 0 Å². The molecular formula is C21H30N4O3. The lowest BCUT2D eigenvalue weighted by Gasteiger charge is -2.32. The Morgan fingerprint density at radius 1 is 1.21 bits per heavy atom. The van der Waals surface area contributed by atoms with E-state index in [0.717, 1.165) is 29.8 Å². The second-order valence-corrected chi connectivity index (χ2v) is 8.79. The molecule has 3 rings (SSSR count). The summed E-state index contributed by atoms with van der Waals surface area (Å²) >= 11 is 0. The minimum absolute atomic E-state index is 0.0649.